The Morgan fingerprint density at radius 1 is 0.360 bits per heavy atom. The molecule has 0 amide bonds. The van der Waals surface area contributed by atoms with Gasteiger partial charge < -0.3 is 33.6 Å². The van der Waals surface area contributed by atoms with E-state index in [-0.39, 0.29) is 11.1 Å². The van der Waals surface area contributed by atoms with Gasteiger partial charge in [-0.2, -0.15) is 4.31 Å². The standard InChI is InChI=1S/C61H80O12P2/c1-45(2)23-24-56(62)58(37-27-48(7)8,72-75(66,67)73-74(63,64)65)60(39-29-50(11)12,70-43-33-54(19)20)61(40-30-51(13)14,71-44-34-55(21)22)59(38-28-49(9)10,69-42-32-53(17)18)57(35-25-46(3)4,36-26-47(5)6)68-41-31-52(15)16/h23-44H,1,3,5,7,9,11,13,15,17,19,21H2,2,4,6,8,10,12,14,16,18,20,22H3,(H,66,67)(H2,63,64,65)/t57?,58-,59+,60+,61-/m0/s1. The lowest BCUT2D eigenvalue weighted by molar-refractivity contribution is -0.260. The maximum absolute atomic E-state index is 16.3. The smallest absolute Gasteiger partial charge is 0.482 e. The van der Waals surface area contributed by atoms with E-state index in [9.17, 15) is 23.8 Å². The van der Waals surface area contributed by atoms with Crippen molar-refractivity contribution in [1.82, 2.24) is 0 Å². The van der Waals surface area contributed by atoms with Crippen LogP contribution in [0.15, 0.2) is 268 Å². The Kier molecular flexibility index (Phi) is 27.4. The Bertz CT molecular complexity index is 2680. The van der Waals surface area contributed by atoms with Crippen LogP contribution in [0, 0.1) is 0 Å². The second kappa shape index (κ2) is 30.1. The number of hydrogen-bond donors (Lipinski definition) is 3. The summed E-state index contributed by atoms with van der Waals surface area (Å²) in [5.74, 6) is -1.25. The summed E-state index contributed by atoms with van der Waals surface area (Å²) in [6.07, 6.45) is 30.5. The molecule has 75 heavy (non-hydrogen) atoms. The number of phosphoric acid groups is 2. The van der Waals surface area contributed by atoms with E-state index in [1.54, 1.807) is 106 Å². The molecule has 0 aliphatic rings. The van der Waals surface area contributed by atoms with Crippen molar-refractivity contribution in [2.75, 3.05) is 0 Å². The van der Waals surface area contributed by atoms with Crippen molar-refractivity contribution < 1.29 is 56.4 Å². The first-order chi connectivity index (χ1) is 34.4. The lowest BCUT2D eigenvalue weighted by Gasteiger charge is -2.61. The number of allylic oxidation sites excluding steroid dienone is 22. The molecule has 0 aliphatic heterocycles. The molecule has 0 fully saturated rings. The van der Waals surface area contributed by atoms with Crippen LogP contribution in [0.25, 0.3) is 0 Å². The molecule has 0 spiro atoms. The maximum atomic E-state index is 16.3. The number of phosphoric ester groups is 1. The Morgan fingerprint density at radius 3 is 0.987 bits per heavy atom. The minimum Gasteiger partial charge on any atom is -0.482 e. The predicted octanol–water partition coefficient (Wildman–Crippen LogP) is 15.8. The average Bonchev–Trinajstić information content (AvgIpc) is 3.24. The minimum absolute atomic E-state index is 0.218. The Labute approximate surface area is 448 Å². The second-order valence-corrected chi connectivity index (χ2v) is 21.3. The molecule has 0 saturated heterocycles. The van der Waals surface area contributed by atoms with E-state index in [0.29, 0.717) is 50.2 Å². The summed E-state index contributed by atoms with van der Waals surface area (Å²) >= 11 is 0. The van der Waals surface area contributed by atoms with Gasteiger partial charge in [-0.1, -0.05) is 176 Å². The van der Waals surface area contributed by atoms with Crippen LogP contribution in [-0.2, 0) is 41.7 Å². The van der Waals surface area contributed by atoms with E-state index >= 15 is 4.79 Å². The largest absolute Gasteiger partial charge is 0.482 e. The number of ether oxygens (including phenoxy) is 4. The zero-order valence-corrected chi connectivity index (χ0v) is 47.7. The number of carbonyl (C=O) groups is 1. The lowest BCUT2D eigenvalue weighted by Crippen LogP contribution is -2.81. The highest BCUT2D eigenvalue weighted by Crippen LogP contribution is 2.65. The molecule has 0 aromatic rings. The molecule has 0 heterocycles. The summed E-state index contributed by atoms with van der Waals surface area (Å²) in [6.45, 7) is 63.3. The number of rotatable bonds is 35. The quantitative estimate of drug-likeness (QED) is 0.0238. The van der Waals surface area contributed by atoms with Gasteiger partial charge in [0, 0.05) is 0 Å². The Balaban J connectivity index is 12.4. The third kappa shape index (κ3) is 21.3. The van der Waals surface area contributed by atoms with Crippen molar-refractivity contribution in [3.63, 3.8) is 0 Å². The number of hydrogen-bond acceptors (Lipinski definition) is 9. The van der Waals surface area contributed by atoms with Crippen LogP contribution in [0.2, 0.25) is 0 Å². The van der Waals surface area contributed by atoms with Crippen molar-refractivity contribution in [1.29, 1.82) is 0 Å². The lowest BCUT2D eigenvalue weighted by atomic mass is 9.56. The zero-order valence-electron chi connectivity index (χ0n) is 45.9. The molecular weight excluding hydrogens is 987 g/mol. The third-order valence-electron chi connectivity index (χ3n) is 9.67. The van der Waals surface area contributed by atoms with Gasteiger partial charge in [0.1, 0.15) is 0 Å². The first-order valence-corrected chi connectivity index (χ1v) is 26.2. The summed E-state index contributed by atoms with van der Waals surface area (Å²) in [7, 11) is -12.3. The molecule has 0 rings (SSSR count). The molecule has 14 heteroatoms. The van der Waals surface area contributed by atoms with Crippen LogP contribution in [0.4, 0.5) is 0 Å². The molecule has 0 aromatic carbocycles. The van der Waals surface area contributed by atoms with Crippen molar-refractivity contribution in [2.45, 2.75) is 104 Å². The van der Waals surface area contributed by atoms with Gasteiger partial charge in [0.25, 0.3) is 0 Å². The van der Waals surface area contributed by atoms with Crippen LogP contribution in [-0.4, -0.2) is 48.5 Å². The van der Waals surface area contributed by atoms with E-state index in [1.807, 2.05) is 0 Å². The summed E-state index contributed by atoms with van der Waals surface area (Å²) in [6, 6.07) is 0. The molecule has 0 aliphatic carbocycles. The fourth-order valence-electron chi connectivity index (χ4n) is 6.52. The molecule has 0 aromatic heterocycles. The third-order valence-corrected chi connectivity index (χ3v) is 11.9. The van der Waals surface area contributed by atoms with Crippen LogP contribution >= 0.6 is 15.6 Å². The van der Waals surface area contributed by atoms with Gasteiger partial charge in [0.05, 0.1) is 25.0 Å². The highest BCUT2D eigenvalue weighted by atomic mass is 31.3. The van der Waals surface area contributed by atoms with Gasteiger partial charge in [-0.05, 0) is 143 Å². The van der Waals surface area contributed by atoms with Crippen LogP contribution in [0.5, 0.6) is 0 Å². The second-order valence-electron chi connectivity index (χ2n) is 18.6. The van der Waals surface area contributed by atoms with Gasteiger partial charge in [0.15, 0.2) is 11.4 Å². The minimum atomic E-state index is -6.31. The highest BCUT2D eigenvalue weighted by molar-refractivity contribution is 7.60. The Morgan fingerprint density at radius 2 is 0.640 bits per heavy atom. The first-order valence-electron chi connectivity index (χ1n) is 23.2. The van der Waals surface area contributed by atoms with Crippen LogP contribution < -0.4 is 0 Å². The fraction of sp³-hybridized carbons (Fsp3) is 0.262. The summed E-state index contributed by atoms with van der Waals surface area (Å²) < 4.78 is 67.7. The molecular formula is C61H80O12P2. The molecule has 406 valence electrons. The summed E-state index contributed by atoms with van der Waals surface area (Å²) in [5.41, 5.74) is -9.70. The zero-order chi connectivity index (χ0) is 58.2. The van der Waals surface area contributed by atoms with E-state index < -0.39 is 49.4 Å². The molecule has 3 N–H and O–H groups in total. The SMILES string of the molecule is C=C(C)C=COC(C=CC(=C)C)(C=CC(=C)C)[C@@](C=CC(=C)C)(OC=CC(=C)C)[C@](C=CC(=C)C)(OC=CC(=C)C)[C@](C=CC(=C)C)(OC=CC(=C)C)[C@@](C=CC(=C)C)(OP(=O)(O)OP(=O)(O)O)C(=O)C=CC(=C)C. The van der Waals surface area contributed by atoms with E-state index in [0.717, 1.165) is 18.4 Å². The molecule has 12 nitrogen and oxygen atoms in total. The molecule has 0 saturated carbocycles. The predicted molar refractivity (Wildman–Crippen MR) is 311 cm³/mol. The molecule has 5 atom stereocenters. The number of carbonyl (C=O) groups excluding carboxylic acids is 1. The van der Waals surface area contributed by atoms with Crippen molar-refractivity contribution in [2.24, 2.45) is 0 Å². The first kappa shape index (κ1) is 68.4. The van der Waals surface area contributed by atoms with E-state index in [2.05, 4.69) is 76.7 Å². The topological polar surface area (TPSA) is 167 Å². The summed E-state index contributed by atoms with van der Waals surface area (Å²) in [5, 5.41) is 0. The van der Waals surface area contributed by atoms with Crippen LogP contribution in [0.1, 0.15) is 76.2 Å². The normalized spacial score (nSPS) is 17.6. The van der Waals surface area contributed by atoms with Gasteiger partial charge in [0.2, 0.25) is 22.4 Å². The molecule has 0 bridgehead atoms. The summed E-state index contributed by atoms with van der Waals surface area (Å²) in [4.78, 5) is 48.7. The maximum Gasteiger partial charge on any atom is 0.482 e. The van der Waals surface area contributed by atoms with Gasteiger partial charge >= 0.3 is 15.6 Å². The van der Waals surface area contributed by atoms with Gasteiger partial charge in [-0.25, -0.2) is 9.13 Å². The van der Waals surface area contributed by atoms with Gasteiger partial charge in [-0.3, -0.25) is 9.32 Å². The number of ketones is 1. The fourth-order valence-corrected chi connectivity index (χ4v) is 8.38. The van der Waals surface area contributed by atoms with Crippen molar-refractivity contribution in [3.8, 4) is 0 Å². The monoisotopic (exact) mass is 1070 g/mol. The molecule has 1 unspecified atom stereocenters. The van der Waals surface area contributed by atoms with E-state index in [4.69, 9.17) is 23.5 Å². The average molecular weight is 1070 g/mol. The van der Waals surface area contributed by atoms with Crippen molar-refractivity contribution in [3.05, 3.63) is 268 Å². The highest BCUT2D eigenvalue weighted by Gasteiger charge is 2.80. The van der Waals surface area contributed by atoms with Crippen molar-refractivity contribution >= 4 is 21.4 Å². The van der Waals surface area contributed by atoms with Crippen LogP contribution in [0.3, 0.4) is 0 Å². The van der Waals surface area contributed by atoms with Gasteiger partial charge in [-0.15, -0.1) is 0 Å². The Hall–Kier alpha value is -6.59. The van der Waals surface area contributed by atoms with E-state index in [1.165, 1.54) is 86.5 Å². The molecule has 0 radical (unpaired) electrons.